The zero-order valence-corrected chi connectivity index (χ0v) is 6.57. The molecule has 1 rings (SSSR count). The predicted octanol–water partition coefficient (Wildman–Crippen LogP) is 1.52. The minimum Gasteiger partial charge on any atom is -0.480 e. The third kappa shape index (κ3) is 2.03. The van der Waals surface area contributed by atoms with Gasteiger partial charge >= 0.3 is 5.97 Å². The van der Waals surface area contributed by atoms with Gasteiger partial charge in [-0.25, -0.2) is 4.39 Å². The fourth-order valence-electron chi connectivity index (χ4n) is 0.958. The van der Waals surface area contributed by atoms with Crippen LogP contribution in [0.3, 0.4) is 0 Å². The lowest BCUT2D eigenvalue weighted by Crippen LogP contribution is -2.09. The van der Waals surface area contributed by atoms with Crippen molar-refractivity contribution >= 4 is 5.97 Å². The van der Waals surface area contributed by atoms with Crippen molar-refractivity contribution in [3.05, 3.63) is 35.6 Å². The van der Waals surface area contributed by atoms with Gasteiger partial charge < -0.3 is 5.11 Å². The van der Waals surface area contributed by atoms with Crippen molar-refractivity contribution in [2.24, 2.45) is 0 Å². The van der Waals surface area contributed by atoms with E-state index in [-0.39, 0.29) is 5.56 Å². The van der Waals surface area contributed by atoms with Crippen LogP contribution >= 0.6 is 0 Å². The summed E-state index contributed by atoms with van der Waals surface area (Å²) >= 11 is 0. The molecule has 0 amide bonds. The molecule has 0 saturated heterocycles. The number of carboxylic acid groups (broad SMARTS) is 1. The normalized spacial score (nSPS) is 11.7. The molecule has 0 saturated carbocycles. The number of nitrogens with zero attached hydrogens (tertiary/aromatic N) is 1. The predicted molar refractivity (Wildman–Crippen MR) is 42.4 cm³/mol. The highest BCUT2D eigenvalue weighted by Crippen LogP contribution is 2.15. The summed E-state index contributed by atoms with van der Waals surface area (Å²) in [7, 11) is 0. The van der Waals surface area contributed by atoms with E-state index in [2.05, 4.69) is 0 Å². The second-order valence-electron chi connectivity index (χ2n) is 2.46. The molecule has 0 aromatic heterocycles. The average molecular weight is 179 g/mol. The summed E-state index contributed by atoms with van der Waals surface area (Å²) in [5, 5.41) is 17.1. The zero-order chi connectivity index (χ0) is 9.84. The molecule has 1 unspecified atom stereocenters. The topological polar surface area (TPSA) is 61.1 Å². The highest BCUT2D eigenvalue weighted by atomic mass is 19.1. The third-order valence-electron chi connectivity index (χ3n) is 1.56. The van der Waals surface area contributed by atoms with Crippen LogP contribution in [0.5, 0.6) is 0 Å². The number of hydrogen-bond donors (Lipinski definition) is 1. The molecule has 1 atom stereocenters. The molecule has 0 fully saturated rings. The first kappa shape index (κ1) is 9.20. The summed E-state index contributed by atoms with van der Waals surface area (Å²) in [6.45, 7) is 0. The number of aliphatic carboxylic acids is 1. The van der Waals surface area contributed by atoms with Crippen molar-refractivity contribution < 1.29 is 14.3 Å². The molecule has 3 nitrogen and oxygen atoms in total. The van der Waals surface area contributed by atoms with Crippen molar-refractivity contribution in [3.8, 4) is 6.07 Å². The first-order valence-electron chi connectivity index (χ1n) is 3.53. The summed E-state index contributed by atoms with van der Waals surface area (Å²) in [5.41, 5.74) is 0.162. The molecule has 13 heavy (non-hydrogen) atoms. The average Bonchev–Trinajstić information content (AvgIpc) is 2.04. The molecule has 1 N–H and O–H groups in total. The van der Waals surface area contributed by atoms with Crippen LogP contribution in [0.25, 0.3) is 0 Å². The fourth-order valence-corrected chi connectivity index (χ4v) is 0.958. The second-order valence-corrected chi connectivity index (χ2v) is 2.46. The van der Waals surface area contributed by atoms with Crippen molar-refractivity contribution in [1.29, 1.82) is 5.26 Å². The van der Waals surface area contributed by atoms with Gasteiger partial charge in [-0.3, -0.25) is 4.79 Å². The molecule has 1 aromatic rings. The highest BCUT2D eigenvalue weighted by Gasteiger charge is 2.18. The number of carbonyl (C=O) groups is 1. The Balaban J connectivity index is 3.07. The number of rotatable bonds is 2. The lowest BCUT2D eigenvalue weighted by molar-refractivity contribution is -0.137. The van der Waals surface area contributed by atoms with Crippen molar-refractivity contribution in [2.75, 3.05) is 0 Å². The Hall–Kier alpha value is -1.89. The van der Waals surface area contributed by atoms with E-state index in [1.54, 1.807) is 6.07 Å². The maximum atomic E-state index is 12.6. The number of carboxylic acids is 1. The molecule has 0 bridgehead atoms. The van der Waals surface area contributed by atoms with E-state index in [1.807, 2.05) is 0 Å². The van der Waals surface area contributed by atoms with Crippen LogP contribution in [0.4, 0.5) is 4.39 Å². The second kappa shape index (κ2) is 3.68. The molecular weight excluding hydrogens is 173 g/mol. The maximum Gasteiger partial charge on any atom is 0.325 e. The third-order valence-corrected chi connectivity index (χ3v) is 1.56. The summed E-state index contributed by atoms with van der Waals surface area (Å²) < 4.78 is 12.6. The van der Waals surface area contributed by atoms with Crippen molar-refractivity contribution in [2.45, 2.75) is 5.92 Å². The number of benzene rings is 1. The van der Waals surface area contributed by atoms with E-state index in [0.29, 0.717) is 0 Å². The number of halogens is 1. The van der Waals surface area contributed by atoms with Crippen molar-refractivity contribution in [1.82, 2.24) is 0 Å². The van der Waals surface area contributed by atoms with Crippen LogP contribution in [0, 0.1) is 17.1 Å². The molecule has 0 spiro atoms. The molecule has 0 radical (unpaired) electrons. The van der Waals surface area contributed by atoms with E-state index in [0.717, 1.165) is 6.07 Å². The summed E-state index contributed by atoms with van der Waals surface area (Å²) in [4.78, 5) is 10.5. The van der Waals surface area contributed by atoms with E-state index < -0.39 is 17.7 Å². The van der Waals surface area contributed by atoms with E-state index in [4.69, 9.17) is 10.4 Å². The van der Waals surface area contributed by atoms with E-state index in [9.17, 15) is 9.18 Å². The smallest absolute Gasteiger partial charge is 0.325 e. The molecular formula is C9H6FNO2. The molecule has 66 valence electrons. The minimum atomic E-state index is -1.30. The molecule has 0 aliphatic carbocycles. The lowest BCUT2D eigenvalue weighted by atomic mass is 10.0. The van der Waals surface area contributed by atoms with Gasteiger partial charge in [0.15, 0.2) is 5.92 Å². The Morgan fingerprint density at radius 3 is 2.77 bits per heavy atom. The number of nitriles is 1. The van der Waals surface area contributed by atoms with Crippen LogP contribution < -0.4 is 0 Å². The summed E-state index contributed by atoms with van der Waals surface area (Å²) in [6.07, 6.45) is 0. The van der Waals surface area contributed by atoms with Gasteiger partial charge in [-0.15, -0.1) is 0 Å². The van der Waals surface area contributed by atoms with Gasteiger partial charge in [0.1, 0.15) is 5.82 Å². The van der Waals surface area contributed by atoms with Gasteiger partial charge in [0.05, 0.1) is 6.07 Å². The van der Waals surface area contributed by atoms with E-state index >= 15 is 0 Å². The Kier molecular flexibility index (Phi) is 2.60. The molecule has 1 aromatic carbocycles. The first-order chi connectivity index (χ1) is 6.15. The minimum absolute atomic E-state index is 0.162. The zero-order valence-electron chi connectivity index (χ0n) is 6.57. The quantitative estimate of drug-likeness (QED) is 0.748. The van der Waals surface area contributed by atoms with Gasteiger partial charge in [-0.05, 0) is 17.7 Å². The molecule has 4 heteroatoms. The maximum absolute atomic E-state index is 12.6. The van der Waals surface area contributed by atoms with Crippen molar-refractivity contribution in [3.63, 3.8) is 0 Å². The Morgan fingerprint density at radius 1 is 1.62 bits per heavy atom. The monoisotopic (exact) mass is 179 g/mol. The molecule has 0 aliphatic heterocycles. The SMILES string of the molecule is N#CC(C(=O)O)c1cccc(F)c1. The Bertz CT molecular complexity index is 370. The Labute approximate surface area is 74.0 Å². The van der Waals surface area contributed by atoms with Gasteiger partial charge in [-0.1, -0.05) is 12.1 Å². The molecule has 0 heterocycles. The van der Waals surface area contributed by atoms with Crippen LogP contribution in [0.2, 0.25) is 0 Å². The van der Waals surface area contributed by atoms with Crippen LogP contribution in [0.1, 0.15) is 11.5 Å². The van der Waals surface area contributed by atoms with Crippen LogP contribution in [0.15, 0.2) is 24.3 Å². The van der Waals surface area contributed by atoms with Gasteiger partial charge in [0, 0.05) is 0 Å². The Morgan fingerprint density at radius 2 is 2.31 bits per heavy atom. The fraction of sp³-hybridized carbons (Fsp3) is 0.111. The largest absolute Gasteiger partial charge is 0.480 e. The summed E-state index contributed by atoms with van der Waals surface area (Å²) in [6, 6.07) is 6.60. The van der Waals surface area contributed by atoms with Gasteiger partial charge in [0.2, 0.25) is 0 Å². The van der Waals surface area contributed by atoms with Crippen LogP contribution in [-0.2, 0) is 4.79 Å². The standard InChI is InChI=1S/C9H6FNO2/c10-7-3-1-2-6(4-7)8(5-11)9(12)13/h1-4,8H,(H,12,13). The lowest BCUT2D eigenvalue weighted by Gasteiger charge is -2.02. The molecule has 0 aliphatic rings. The first-order valence-corrected chi connectivity index (χ1v) is 3.53. The number of hydrogen-bond acceptors (Lipinski definition) is 2. The van der Waals surface area contributed by atoms with Gasteiger partial charge in [-0.2, -0.15) is 5.26 Å². The van der Waals surface area contributed by atoms with Crippen LogP contribution in [-0.4, -0.2) is 11.1 Å². The van der Waals surface area contributed by atoms with E-state index in [1.165, 1.54) is 18.2 Å². The van der Waals surface area contributed by atoms with Gasteiger partial charge in [0.25, 0.3) is 0 Å². The highest BCUT2D eigenvalue weighted by molar-refractivity contribution is 5.79. The summed E-state index contributed by atoms with van der Waals surface area (Å²) in [5.74, 6) is -3.11.